The van der Waals surface area contributed by atoms with Crippen LogP contribution in [0.2, 0.25) is 0 Å². The molecular formula is C25H23F2N3O5. The number of carboxylic acid groups (broad SMARTS) is 1. The molecule has 1 aliphatic rings. The highest BCUT2D eigenvalue weighted by Gasteiger charge is 2.25. The van der Waals surface area contributed by atoms with Crippen LogP contribution < -0.4 is 4.74 Å². The Hall–Kier alpha value is -3.79. The van der Waals surface area contributed by atoms with E-state index in [-0.39, 0.29) is 17.4 Å². The van der Waals surface area contributed by atoms with E-state index in [1.807, 2.05) is 30.7 Å². The number of carboxylic acids is 1. The van der Waals surface area contributed by atoms with Crippen LogP contribution in [0.1, 0.15) is 34.3 Å². The lowest BCUT2D eigenvalue weighted by molar-refractivity contribution is 0.0695. The second kappa shape index (κ2) is 9.10. The zero-order chi connectivity index (χ0) is 24.7. The number of alkyl halides is 2. The molecule has 35 heavy (non-hydrogen) atoms. The molecule has 1 atom stereocenters. The number of aromatic carboxylic acids is 1. The predicted octanol–water partition coefficient (Wildman–Crippen LogP) is 5.28. The number of pyridine rings is 1. The maximum Gasteiger partial charge on any atom is 0.335 e. The molecule has 4 heterocycles. The quantitative estimate of drug-likeness (QED) is 0.382. The van der Waals surface area contributed by atoms with E-state index in [9.17, 15) is 18.7 Å². The fourth-order valence-corrected chi connectivity index (χ4v) is 4.55. The van der Waals surface area contributed by atoms with E-state index in [0.717, 1.165) is 28.6 Å². The Labute approximate surface area is 199 Å². The molecule has 1 saturated heterocycles. The first-order chi connectivity index (χ1) is 16.8. The highest BCUT2D eigenvalue weighted by molar-refractivity contribution is 5.99. The Bertz CT molecular complexity index is 1390. The second-order valence-electron chi connectivity index (χ2n) is 8.48. The minimum Gasteiger partial charge on any atom is -0.487 e. The van der Waals surface area contributed by atoms with Gasteiger partial charge >= 0.3 is 5.97 Å². The third-order valence-electron chi connectivity index (χ3n) is 6.17. The molecule has 0 saturated carbocycles. The van der Waals surface area contributed by atoms with E-state index in [1.54, 1.807) is 12.3 Å². The minimum atomic E-state index is -2.71. The monoisotopic (exact) mass is 483 g/mol. The minimum absolute atomic E-state index is 0.0551. The lowest BCUT2D eigenvalue weighted by Gasteiger charge is -2.12. The van der Waals surface area contributed by atoms with Crippen molar-refractivity contribution in [3.05, 3.63) is 53.7 Å². The van der Waals surface area contributed by atoms with Gasteiger partial charge in [-0.2, -0.15) is 0 Å². The summed E-state index contributed by atoms with van der Waals surface area (Å²) in [5.41, 5.74) is 4.18. The lowest BCUT2D eigenvalue weighted by Crippen LogP contribution is -2.09. The Morgan fingerprint density at radius 2 is 2.11 bits per heavy atom. The van der Waals surface area contributed by atoms with Crippen LogP contribution in [-0.2, 0) is 4.74 Å². The van der Waals surface area contributed by atoms with Gasteiger partial charge < -0.3 is 23.7 Å². The van der Waals surface area contributed by atoms with Crippen molar-refractivity contribution in [3.63, 3.8) is 0 Å². The topological polar surface area (TPSA) is 99.6 Å². The summed E-state index contributed by atoms with van der Waals surface area (Å²) in [4.78, 5) is 16.3. The van der Waals surface area contributed by atoms with E-state index in [4.69, 9.17) is 19.0 Å². The normalized spacial score (nSPS) is 15.9. The van der Waals surface area contributed by atoms with Crippen LogP contribution in [0.15, 0.2) is 41.2 Å². The van der Waals surface area contributed by atoms with Crippen molar-refractivity contribution in [2.24, 2.45) is 0 Å². The van der Waals surface area contributed by atoms with Crippen molar-refractivity contribution in [1.82, 2.24) is 14.7 Å². The molecule has 8 nitrogen and oxygen atoms in total. The Morgan fingerprint density at radius 3 is 2.77 bits per heavy atom. The van der Waals surface area contributed by atoms with Crippen LogP contribution in [0.5, 0.6) is 5.75 Å². The zero-order valence-electron chi connectivity index (χ0n) is 19.1. The molecule has 1 fully saturated rings. The van der Waals surface area contributed by atoms with Gasteiger partial charge in [0.15, 0.2) is 0 Å². The van der Waals surface area contributed by atoms with Gasteiger partial charge in [-0.25, -0.2) is 18.6 Å². The fourth-order valence-electron chi connectivity index (χ4n) is 4.55. The second-order valence-corrected chi connectivity index (χ2v) is 8.48. The number of halogens is 2. The fraction of sp³-hybridized carbons (Fsp3) is 0.320. The van der Waals surface area contributed by atoms with Crippen LogP contribution in [0.3, 0.4) is 0 Å². The molecule has 0 radical (unpaired) electrons. The van der Waals surface area contributed by atoms with Gasteiger partial charge in [0, 0.05) is 46.6 Å². The number of aryl methyl sites for hydroxylation is 2. The predicted molar refractivity (Wildman–Crippen MR) is 123 cm³/mol. The molecule has 5 rings (SSSR count). The Morgan fingerprint density at radius 1 is 1.29 bits per heavy atom. The van der Waals surface area contributed by atoms with Crippen molar-refractivity contribution in [1.29, 1.82) is 0 Å². The van der Waals surface area contributed by atoms with Crippen LogP contribution in [0.25, 0.3) is 33.3 Å². The number of fused-ring (bicyclic) bond motifs is 1. The maximum atomic E-state index is 13.0. The van der Waals surface area contributed by atoms with E-state index in [0.29, 0.717) is 35.7 Å². The SMILES string of the molecule is Cc1noc(C)c1-c1cnc2c(c1)c(-c1ccc(C(=O)O)cc1OCC(F)F)cn2[C@H]1CCOC1. The van der Waals surface area contributed by atoms with E-state index in [1.165, 1.54) is 12.1 Å². The smallest absolute Gasteiger partial charge is 0.335 e. The number of benzene rings is 1. The molecule has 0 amide bonds. The van der Waals surface area contributed by atoms with Crippen molar-refractivity contribution in [2.45, 2.75) is 32.7 Å². The van der Waals surface area contributed by atoms with Gasteiger partial charge in [0.05, 0.1) is 23.9 Å². The summed E-state index contributed by atoms with van der Waals surface area (Å²) in [7, 11) is 0. The number of rotatable bonds is 7. The lowest BCUT2D eigenvalue weighted by atomic mass is 10.00. The number of nitrogens with zero attached hydrogens (tertiary/aromatic N) is 3. The number of carbonyl (C=O) groups is 1. The summed E-state index contributed by atoms with van der Waals surface area (Å²) in [6.45, 7) is 3.98. The molecule has 4 aromatic rings. The summed E-state index contributed by atoms with van der Waals surface area (Å²) < 4.78 is 44.3. The first-order valence-electron chi connectivity index (χ1n) is 11.1. The van der Waals surface area contributed by atoms with Gasteiger partial charge in [0.1, 0.15) is 23.8 Å². The Kier molecular flexibility index (Phi) is 5.98. The number of hydrogen-bond donors (Lipinski definition) is 1. The summed E-state index contributed by atoms with van der Waals surface area (Å²) in [5.74, 6) is -0.457. The summed E-state index contributed by atoms with van der Waals surface area (Å²) >= 11 is 0. The summed E-state index contributed by atoms with van der Waals surface area (Å²) in [6, 6.07) is 6.30. The summed E-state index contributed by atoms with van der Waals surface area (Å²) in [5, 5.41) is 14.2. The summed E-state index contributed by atoms with van der Waals surface area (Å²) in [6.07, 6.45) is 1.76. The Balaban J connectivity index is 1.73. The van der Waals surface area contributed by atoms with Crippen molar-refractivity contribution in [2.75, 3.05) is 19.8 Å². The van der Waals surface area contributed by atoms with Crippen molar-refractivity contribution in [3.8, 4) is 28.0 Å². The van der Waals surface area contributed by atoms with Gasteiger partial charge in [-0.1, -0.05) is 5.16 Å². The average molecular weight is 483 g/mol. The molecular weight excluding hydrogens is 460 g/mol. The highest BCUT2D eigenvalue weighted by Crippen LogP contribution is 2.40. The van der Waals surface area contributed by atoms with Gasteiger partial charge in [0.25, 0.3) is 6.43 Å². The van der Waals surface area contributed by atoms with E-state index in [2.05, 4.69) is 5.16 Å². The van der Waals surface area contributed by atoms with Gasteiger partial charge in [-0.3, -0.25) is 0 Å². The first kappa shape index (κ1) is 23.0. The zero-order valence-corrected chi connectivity index (χ0v) is 19.1. The maximum absolute atomic E-state index is 13.0. The van der Waals surface area contributed by atoms with Gasteiger partial charge in [-0.05, 0) is 44.5 Å². The number of hydrogen-bond acceptors (Lipinski definition) is 6. The standard InChI is InChI=1S/C25H23F2N3O5/c1-13-23(14(2)35-29-13)16-7-19-20(10-30(24(19)28-9-16)17-5-6-33-11-17)18-4-3-15(25(31)32)8-21(18)34-12-22(26)27/h3-4,7-10,17,22H,5-6,11-12H2,1-2H3,(H,31,32)/t17-/m0/s1. The largest absolute Gasteiger partial charge is 0.487 e. The van der Waals surface area contributed by atoms with Crippen LogP contribution in [0, 0.1) is 13.8 Å². The highest BCUT2D eigenvalue weighted by atomic mass is 19.3. The molecule has 0 spiro atoms. The van der Waals surface area contributed by atoms with Crippen molar-refractivity contribution < 1.29 is 32.7 Å². The molecule has 1 aliphatic heterocycles. The third-order valence-corrected chi connectivity index (χ3v) is 6.17. The molecule has 0 bridgehead atoms. The van der Waals surface area contributed by atoms with E-state index < -0.39 is 19.0 Å². The van der Waals surface area contributed by atoms with Crippen molar-refractivity contribution >= 4 is 17.0 Å². The van der Waals surface area contributed by atoms with Crippen LogP contribution >= 0.6 is 0 Å². The van der Waals surface area contributed by atoms with Gasteiger partial charge in [0.2, 0.25) is 0 Å². The van der Waals surface area contributed by atoms with Gasteiger partial charge in [-0.15, -0.1) is 0 Å². The molecule has 0 unspecified atom stereocenters. The molecule has 10 heteroatoms. The molecule has 1 aromatic carbocycles. The third kappa shape index (κ3) is 4.25. The molecule has 182 valence electrons. The number of ether oxygens (including phenoxy) is 2. The first-order valence-corrected chi connectivity index (χ1v) is 11.1. The van der Waals surface area contributed by atoms with Crippen LogP contribution in [0.4, 0.5) is 8.78 Å². The molecule has 3 aromatic heterocycles. The van der Waals surface area contributed by atoms with E-state index >= 15 is 0 Å². The average Bonchev–Trinajstić information content (AvgIpc) is 3.56. The number of aromatic nitrogens is 3. The van der Waals surface area contributed by atoms with Crippen LogP contribution in [-0.4, -0.2) is 52.0 Å². The molecule has 1 N–H and O–H groups in total. The molecule has 0 aliphatic carbocycles.